The molecular weight excluding hydrogens is 288 g/mol. The Labute approximate surface area is 113 Å². The zero-order valence-corrected chi connectivity index (χ0v) is 12.8. The van der Waals surface area contributed by atoms with Crippen LogP contribution in [0.4, 0.5) is 0 Å². The third-order valence-corrected chi connectivity index (χ3v) is 2.37. The molecule has 17 heavy (non-hydrogen) atoms. The standard InChI is InChI=1S/C12H25BrO4/c1-4-7-9-17-12(15-5-2,16-6-3)11-14-10-8-13/h4-11H2,1-3H3. The lowest BCUT2D eigenvalue weighted by Crippen LogP contribution is -2.44. The Bertz CT molecular complexity index is 149. The number of hydrogen-bond acceptors (Lipinski definition) is 4. The Morgan fingerprint density at radius 1 is 0.941 bits per heavy atom. The minimum Gasteiger partial charge on any atom is -0.372 e. The number of alkyl halides is 1. The molecule has 0 spiro atoms. The van der Waals surface area contributed by atoms with Crippen LogP contribution < -0.4 is 0 Å². The van der Waals surface area contributed by atoms with Gasteiger partial charge < -0.3 is 18.9 Å². The van der Waals surface area contributed by atoms with Gasteiger partial charge in [-0.15, -0.1) is 0 Å². The van der Waals surface area contributed by atoms with E-state index in [-0.39, 0.29) is 0 Å². The fourth-order valence-electron chi connectivity index (χ4n) is 1.31. The molecule has 0 aliphatic carbocycles. The third-order valence-electron chi connectivity index (χ3n) is 2.05. The maximum absolute atomic E-state index is 5.71. The Morgan fingerprint density at radius 3 is 2.06 bits per heavy atom. The first-order valence-electron chi connectivity index (χ1n) is 6.30. The van der Waals surface area contributed by atoms with Crippen molar-refractivity contribution in [1.82, 2.24) is 0 Å². The monoisotopic (exact) mass is 312 g/mol. The molecule has 0 radical (unpaired) electrons. The summed E-state index contributed by atoms with van der Waals surface area (Å²) in [5, 5.41) is 0.788. The molecule has 0 aliphatic heterocycles. The molecule has 0 aromatic carbocycles. The molecule has 0 aromatic heterocycles. The minimum absolute atomic E-state index is 0.296. The normalized spacial score (nSPS) is 12.0. The van der Waals surface area contributed by atoms with Gasteiger partial charge in [0.25, 0.3) is 0 Å². The summed E-state index contributed by atoms with van der Waals surface area (Å²) in [7, 11) is 0. The summed E-state index contributed by atoms with van der Waals surface area (Å²) in [5.74, 6) is -1.04. The van der Waals surface area contributed by atoms with Gasteiger partial charge in [-0.05, 0) is 20.3 Å². The van der Waals surface area contributed by atoms with Crippen LogP contribution in [-0.2, 0) is 18.9 Å². The third kappa shape index (κ3) is 8.11. The molecule has 0 heterocycles. The minimum atomic E-state index is -1.04. The molecule has 0 unspecified atom stereocenters. The SMILES string of the molecule is CCCCOC(COCCBr)(OCC)OCC. The molecule has 4 nitrogen and oxygen atoms in total. The molecule has 104 valence electrons. The summed E-state index contributed by atoms with van der Waals surface area (Å²) in [5.41, 5.74) is 0. The first-order chi connectivity index (χ1) is 8.24. The lowest BCUT2D eigenvalue weighted by molar-refractivity contribution is -0.392. The topological polar surface area (TPSA) is 36.9 Å². The van der Waals surface area contributed by atoms with Gasteiger partial charge in [-0.25, -0.2) is 0 Å². The maximum Gasteiger partial charge on any atom is 0.307 e. The van der Waals surface area contributed by atoms with Gasteiger partial charge in [0, 0.05) is 18.5 Å². The lowest BCUT2D eigenvalue weighted by atomic mass is 10.4. The molecule has 5 heteroatoms. The van der Waals surface area contributed by atoms with E-state index in [1.807, 2.05) is 13.8 Å². The molecule has 0 fully saturated rings. The van der Waals surface area contributed by atoms with E-state index in [0.717, 1.165) is 18.2 Å². The summed E-state index contributed by atoms with van der Waals surface area (Å²) >= 11 is 3.31. The van der Waals surface area contributed by atoms with Crippen molar-refractivity contribution in [1.29, 1.82) is 0 Å². The molecule has 0 saturated heterocycles. The fourth-order valence-corrected chi connectivity index (χ4v) is 1.54. The van der Waals surface area contributed by atoms with Crippen LogP contribution in [0.5, 0.6) is 0 Å². The summed E-state index contributed by atoms with van der Waals surface area (Å²) in [6.07, 6.45) is 2.07. The van der Waals surface area contributed by atoms with Gasteiger partial charge in [-0.2, -0.15) is 0 Å². The highest BCUT2D eigenvalue weighted by atomic mass is 79.9. The van der Waals surface area contributed by atoms with Crippen molar-refractivity contribution >= 4 is 15.9 Å². The number of hydrogen-bond donors (Lipinski definition) is 0. The summed E-state index contributed by atoms with van der Waals surface area (Å²) in [6.45, 7) is 8.54. The lowest BCUT2D eigenvalue weighted by Gasteiger charge is -2.32. The molecule has 0 N–H and O–H groups in total. The van der Waals surface area contributed by atoms with E-state index in [0.29, 0.717) is 33.0 Å². The average molecular weight is 313 g/mol. The van der Waals surface area contributed by atoms with Crippen LogP contribution in [0.15, 0.2) is 0 Å². The Morgan fingerprint density at radius 2 is 1.59 bits per heavy atom. The second kappa shape index (κ2) is 11.4. The Balaban J connectivity index is 4.25. The van der Waals surface area contributed by atoms with Crippen molar-refractivity contribution in [3.05, 3.63) is 0 Å². The van der Waals surface area contributed by atoms with Gasteiger partial charge in [0.1, 0.15) is 6.61 Å². The van der Waals surface area contributed by atoms with Gasteiger partial charge in [-0.3, -0.25) is 0 Å². The Kier molecular flexibility index (Phi) is 11.6. The molecule has 0 aromatic rings. The van der Waals surface area contributed by atoms with Crippen LogP contribution >= 0.6 is 15.9 Å². The van der Waals surface area contributed by atoms with Crippen molar-refractivity contribution < 1.29 is 18.9 Å². The van der Waals surface area contributed by atoms with Gasteiger partial charge in [0.05, 0.1) is 13.2 Å². The highest BCUT2D eigenvalue weighted by molar-refractivity contribution is 9.09. The van der Waals surface area contributed by atoms with E-state index in [2.05, 4.69) is 22.9 Å². The van der Waals surface area contributed by atoms with E-state index in [1.165, 1.54) is 0 Å². The van der Waals surface area contributed by atoms with Gasteiger partial charge in [0.2, 0.25) is 0 Å². The molecule has 0 saturated carbocycles. The van der Waals surface area contributed by atoms with E-state index in [1.54, 1.807) is 0 Å². The predicted octanol–water partition coefficient (Wildman–Crippen LogP) is 2.94. The van der Waals surface area contributed by atoms with E-state index >= 15 is 0 Å². The van der Waals surface area contributed by atoms with Crippen molar-refractivity contribution in [2.24, 2.45) is 0 Å². The van der Waals surface area contributed by atoms with Crippen molar-refractivity contribution in [3.8, 4) is 0 Å². The first kappa shape index (κ1) is 17.3. The molecule has 0 atom stereocenters. The van der Waals surface area contributed by atoms with Gasteiger partial charge in [0.15, 0.2) is 0 Å². The summed E-state index contributed by atoms with van der Waals surface area (Å²) < 4.78 is 22.3. The van der Waals surface area contributed by atoms with Gasteiger partial charge in [-0.1, -0.05) is 29.3 Å². The highest BCUT2D eigenvalue weighted by Gasteiger charge is 2.33. The number of unbranched alkanes of at least 4 members (excludes halogenated alkanes) is 1. The van der Waals surface area contributed by atoms with Gasteiger partial charge >= 0.3 is 5.97 Å². The zero-order chi connectivity index (χ0) is 13.0. The van der Waals surface area contributed by atoms with Crippen molar-refractivity contribution in [3.63, 3.8) is 0 Å². The van der Waals surface area contributed by atoms with Crippen LogP contribution in [0.1, 0.15) is 33.6 Å². The Hall–Kier alpha value is 0.320. The van der Waals surface area contributed by atoms with Crippen molar-refractivity contribution in [2.75, 3.05) is 38.4 Å². The quantitative estimate of drug-likeness (QED) is 0.315. The van der Waals surface area contributed by atoms with E-state index < -0.39 is 5.97 Å². The van der Waals surface area contributed by atoms with Crippen LogP contribution in [0.3, 0.4) is 0 Å². The zero-order valence-electron chi connectivity index (χ0n) is 11.2. The molecule has 0 bridgehead atoms. The second-order valence-corrected chi connectivity index (χ2v) is 4.29. The number of halogens is 1. The van der Waals surface area contributed by atoms with Crippen LogP contribution in [0.2, 0.25) is 0 Å². The predicted molar refractivity (Wildman–Crippen MR) is 71.5 cm³/mol. The summed E-state index contributed by atoms with van der Waals surface area (Å²) in [4.78, 5) is 0. The largest absolute Gasteiger partial charge is 0.372 e. The molecule has 0 rings (SSSR count). The van der Waals surface area contributed by atoms with Crippen LogP contribution in [0.25, 0.3) is 0 Å². The highest BCUT2D eigenvalue weighted by Crippen LogP contribution is 2.17. The van der Waals surface area contributed by atoms with Crippen LogP contribution in [-0.4, -0.2) is 44.3 Å². The average Bonchev–Trinajstić information content (AvgIpc) is 2.30. The van der Waals surface area contributed by atoms with E-state index in [4.69, 9.17) is 18.9 Å². The summed E-state index contributed by atoms with van der Waals surface area (Å²) in [6, 6.07) is 0. The van der Waals surface area contributed by atoms with E-state index in [9.17, 15) is 0 Å². The maximum atomic E-state index is 5.71. The van der Waals surface area contributed by atoms with Crippen molar-refractivity contribution in [2.45, 2.75) is 39.6 Å². The second-order valence-electron chi connectivity index (χ2n) is 3.49. The smallest absolute Gasteiger partial charge is 0.307 e. The first-order valence-corrected chi connectivity index (χ1v) is 7.42. The fraction of sp³-hybridized carbons (Fsp3) is 1.00. The molecular formula is C12H25BrO4. The number of ether oxygens (including phenoxy) is 4. The molecule has 0 aliphatic rings. The molecule has 0 amide bonds. The van der Waals surface area contributed by atoms with Crippen LogP contribution in [0, 0.1) is 0 Å². The number of rotatable bonds is 12.